The number of carbonyl (C=O) groups excluding carboxylic acids is 3. The van der Waals surface area contributed by atoms with Gasteiger partial charge in [-0.3, -0.25) is 18.9 Å². The number of likely N-dealkylation sites (tertiary alicyclic amines) is 1. The number of Topliss-reactive ketones (excluding diaryl/α,β-unsaturated/α-hetero) is 1. The van der Waals surface area contributed by atoms with Gasteiger partial charge >= 0.3 is 7.60 Å². The summed E-state index contributed by atoms with van der Waals surface area (Å²) >= 11 is 5.90. The first kappa shape index (κ1) is 31.4. The van der Waals surface area contributed by atoms with E-state index in [0.29, 0.717) is 28.2 Å². The molecule has 0 bridgehead atoms. The Balaban J connectivity index is 1.44. The molecule has 12 heteroatoms. The van der Waals surface area contributed by atoms with Crippen LogP contribution in [0.2, 0.25) is 5.02 Å². The lowest BCUT2D eigenvalue weighted by Gasteiger charge is -2.29. The van der Waals surface area contributed by atoms with Crippen molar-refractivity contribution in [3.05, 3.63) is 64.6 Å². The molecule has 1 N–H and O–H groups in total. The number of nitrogens with zero attached hydrogens (tertiary/aromatic N) is 2. The number of nitrogens with one attached hydrogen (secondary N) is 1. The van der Waals surface area contributed by atoms with Gasteiger partial charge < -0.3 is 23.8 Å². The zero-order valence-corrected chi connectivity index (χ0v) is 26.1. The Morgan fingerprint density at radius 2 is 1.86 bits per heavy atom. The maximum absolute atomic E-state index is 14.4. The Labute approximate surface area is 255 Å². The third-order valence-electron chi connectivity index (χ3n) is 8.38. The van der Waals surface area contributed by atoms with Gasteiger partial charge in [0.2, 0.25) is 11.8 Å². The molecular weight excluding hydrogens is 596 g/mol. The second-order valence-electron chi connectivity index (χ2n) is 11.0. The van der Waals surface area contributed by atoms with E-state index in [4.69, 9.17) is 20.6 Å². The molecule has 2 fully saturated rings. The lowest BCUT2D eigenvalue weighted by atomic mass is 10.0. The summed E-state index contributed by atoms with van der Waals surface area (Å²) in [5.41, 5.74) is 1.23. The first-order chi connectivity index (χ1) is 20.6. The number of ketones is 1. The highest BCUT2D eigenvalue weighted by Crippen LogP contribution is 2.47. The summed E-state index contributed by atoms with van der Waals surface area (Å²) in [6, 6.07) is 8.80. The molecule has 0 spiro atoms. The third-order valence-corrected chi connectivity index (χ3v) is 10.8. The molecular formula is C31H36ClFN3O6P. The minimum absolute atomic E-state index is 0.0233. The molecule has 1 aromatic heterocycles. The number of rotatable bonds is 11. The topological polar surface area (TPSA) is 107 Å². The predicted octanol–water partition coefficient (Wildman–Crippen LogP) is 5.61. The maximum Gasteiger partial charge on any atom is 0.361 e. The van der Waals surface area contributed by atoms with Crippen molar-refractivity contribution in [1.29, 1.82) is 0 Å². The van der Waals surface area contributed by atoms with Crippen LogP contribution in [0.25, 0.3) is 10.9 Å². The molecule has 2 aliphatic rings. The number of carbonyl (C=O) groups is 3. The molecule has 230 valence electrons. The normalized spacial score (nSPS) is 20.0. The van der Waals surface area contributed by atoms with Crippen LogP contribution in [-0.2, 0) is 36.3 Å². The van der Waals surface area contributed by atoms with Crippen LogP contribution >= 0.6 is 19.2 Å². The van der Waals surface area contributed by atoms with Gasteiger partial charge in [0.15, 0.2) is 5.78 Å². The highest BCUT2D eigenvalue weighted by Gasteiger charge is 2.48. The molecule has 3 aromatic rings. The molecule has 2 aromatic carbocycles. The molecule has 1 aliphatic heterocycles. The molecule has 5 rings (SSSR count). The van der Waals surface area contributed by atoms with Gasteiger partial charge in [0.05, 0.1) is 29.1 Å². The van der Waals surface area contributed by atoms with Gasteiger partial charge in [-0.25, -0.2) is 4.39 Å². The summed E-state index contributed by atoms with van der Waals surface area (Å²) in [4.78, 5) is 41.6. The van der Waals surface area contributed by atoms with Crippen LogP contribution in [0.4, 0.5) is 4.39 Å². The van der Waals surface area contributed by atoms with Crippen molar-refractivity contribution in [1.82, 2.24) is 14.8 Å². The van der Waals surface area contributed by atoms with E-state index in [1.54, 1.807) is 59.8 Å². The van der Waals surface area contributed by atoms with Gasteiger partial charge in [0, 0.05) is 35.3 Å². The summed E-state index contributed by atoms with van der Waals surface area (Å²) in [7, 11) is -3.62. The Bertz CT molecular complexity index is 1600. The van der Waals surface area contributed by atoms with E-state index >= 15 is 0 Å². The summed E-state index contributed by atoms with van der Waals surface area (Å²) in [6.45, 7) is 5.08. The standard InChI is InChI=1S/C31H36ClFN3O6P/c1-4-41-43(40,42-5-2)22-12-13-23-24(19(3)37)17-35(27(23)15-22)18-29(38)36-26-11-7-8-20(26)14-28(36)31(39)34-16-21-9-6-10-25(32)30(21)33/h6,9-10,12-13,15,17,20,26,28H,4-5,7-8,11,14,16,18H2,1-3H3,(H,34,39). The number of benzene rings is 2. The largest absolute Gasteiger partial charge is 0.361 e. The van der Waals surface area contributed by atoms with Crippen LogP contribution in [0.3, 0.4) is 0 Å². The van der Waals surface area contributed by atoms with Gasteiger partial charge in [-0.05, 0) is 64.2 Å². The molecule has 3 atom stereocenters. The summed E-state index contributed by atoms with van der Waals surface area (Å²) in [6.07, 6.45) is 4.84. The summed E-state index contributed by atoms with van der Waals surface area (Å²) in [5.74, 6) is -1.17. The average molecular weight is 632 g/mol. The Morgan fingerprint density at radius 3 is 2.56 bits per heavy atom. The van der Waals surface area contributed by atoms with Crippen molar-refractivity contribution in [2.45, 2.75) is 71.6 Å². The van der Waals surface area contributed by atoms with Crippen LogP contribution in [0, 0.1) is 11.7 Å². The quantitative estimate of drug-likeness (QED) is 0.218. The number of hydrogen-bond acceptors (Lipinski definition) is 6. The molecule has 0 radical (unpaired) electrons. The van der Waals surface area contributed by atoms with Gasteiger partial charge in [-0.1, -0.05) is 36.2 Å². The second kappa shape index (κ2) is 12.9. The third kappa shape index (κ3) is 6.16. The predicted molar refractivity (Wildman–Crippen MR) is 162 cm³/mol. The molecule has 1 saturated heterocycles. The molecule has 43 heavy (non-hydrogen) atoms. The lowest BCUT2D eigenvalue weighted by Crippen LogP contribution is -2.49. The first-order valence-electron chi connectivity index (χ1n) is 14.6. The van der Waals surface area contributed by atoms with Gasteiger partial charge in [0.1, 0.15) is 18.4 Å². The van der Waals surface area contributed by atoms with E-state index in [0.717, 1.165) is 19.3 Å². The number of hydrogen-bond donors (Lipinski definition) is 1. The van der Waals surface area contributed by atoms with Crippen LogP contribution in [0.5, 0.6) is 0 Å². The highest BCUT2D eigenvalue weighted by atomic mass is 35.5. The van der Waals surface area contributed by atoms with Crippen molar-refractivity contribution >= 4 is 53.0 Å². The summed E-state index contributed by atoms with van der Waals surface area (Å²) in [5, 5.41) is 3.72. The molecule has 3 unspecified atom stereocenters. The zero-order valence-electron chi connectivity index (χ0n) is 24.5. The molecule has 9 nitrogen and oxygen atoms in total. The fourth-order valence-electron chi connectivity index (χ4n) is 6.48. The van der Waals surface area contributed by atoms with Gasteiger partial charge in [0.25, 0.3) is 0 Å². The van der Waals surface area contributed by atoms with Crippen molar-refractivity contribution in [3.63, 3.8) is 0 Å². The van der Waals surface area contributed by atoms with Crippen LogP contribution in [-0.4, -0.2) is 52.4 Å². The van der Waals surface area contributed by atoms with E-state index < -0.39 is 19.5 Å². The van der Waals surface area contributed by atoms with Crippen molar-refractivity contribution in [3.8, 4) is 0 Å². The van der Waals surface area contributed by atoms with Crippen molar-refractivity contribution in [2.75, 3.05) is 13.2 Å². The second-order valence-corrected chi connectivity index (χ2v) is 13.4. The maximum atomic E-state index is 14.4. The highest BCUT2D eigenvalue weighted by molar-refractivity contribution is 7.62. The minimum atomic E-state index is -3.62. The zero-order chi connectivity index (χ0) is 30.9. The first-order valence-corrected chi connectivity index (χ1v) is 16.5. The van der Waals surface area contributed by atoms with Crippen LogP contribution in [0.1, 0.15) is 62.4 Å². The van der Waals surface area contributed by atoms with Gasteiger partial charge in [-0.2, -0.15) is 0 Å². The number of amides is 2. The average Bonchev–Trinajstić information content (AvgIpc) is 3.67. The fraction of sp³-hybridized carbons (Fsp3) is 0.452. The van der Waals surface area contributed by atoms with Crippen LogP contribution < -0.4 is 10.6 Å². The number of fused-ring (bicyclic) bond motifs is 2. The lowest BCUT2D eigenvalue weighted by molar-refractivity contribution is -0.141. The Kier molecular flexibility index (Phi) is 9.42. The molecule has 2 amide bonds. The monoisotopic (exact) mass is 631 g/mol. The molecule has 2 heterocycles. The van der Waals surface area contributed by atoms with E-state index in [9.17, 15) is 23.3 Å². The van der Waals surface area contributed by atoms with Crippen molar-refractivity contribution < 1.29 is 32.4 Å². The van der Waals surface area contributed by atoms with Gasteiger partial charge in [-0.15, -0.1) is 0 Å². The van der Waals surface area contributed by atoms with E-state index in [1.807, 2.05) is 0 Å². The summed E-state index contributed by atoms with van der Waals surface area (Å²) < 4.78 is 40.7. The number of halogens is 2. The Morgan fingerprint density at radius 1 is 1.12 bits per heavy atom. The smallest absolute Gasteiger partial charge is 0.350 e. The molecule has 1 aliphatic carbocycles. The number of aromatic nitrogens is 1. The fourth-order valence-corrected chi connectivity index (χ4v) is 8.27. The molecule has 1 saturated carbocycles. The van der Waals surface area contributed by atoms with E-state index in [-0.39, 0.29) is 66.4 Å². The van der Waals surface area contributed by atoms with Crippen molar-refractivity contribution in [2.24, 2.45) is 5.92 Å². The minimum Gasteiger partial charge on any atom is -0.350 e. The van der Waals surface area contributed by atoms with E-state index in [1.165, 1.54) is 13.0 Å². The Hall–Kier alpha value is -3.04. The SMILES string of the molecule is CCOP(=O)(OCC)c1ccc2c(C(C)=O)cn(CC(=O)N3C(C(=O)NCc4cccc(Cl)c4F)CC4CCCC43)c2c1. The van der Waals surface area contributed by atoms with E-state index in [2.05, 4.69) is 5.32 Å². The van der Waals surface area contributed by atoms with Crippen LogP contribution in [0.15, 0.2) is 42.6 Å².